The van der Waals surface area contributed by atoms with Gasteiger partial charge in [-0.3, -0.25) is 0 Å². The Morgan fingerprint density at radius 2 is 1.93 bits per heavy atom. The molecule has 0 aromatic heterocycles. The Balaban J connectivity index is 1.59. The maximum atomic E-state index is 13.5. The van der Waals surface area contributed by atoms with Crippen LogP contribution in [0.5, 0.6) is 11.5 Å². The summed E-state index contributed by atoms with van der Waals surface area (Å²) < 4.78 is 26.1. The summed E-state index contributed by atoms with van der Waals surface area (Å²) in [5.74, 6) is 1.35. The van der Waals surface area contributed by atoms with E-state index in [0.717, 1.165) is 44.8 Å². The summed E-state index contributed by atoms with van der Waals surface area (Å²) in [7, 11) is 1.66. The smallest absolute Gasteiger partial charge is 0.213 e. The second kappa shape index (κ2) is 7.19. The number of hydrogen-bond donors (Lipinski definition) is 0. The Labute approximate surface area is 176 Å². The van der Waals surface area contributed by atoms with Crippen LogP contribution in [0, 0.1) is 5.82 Å². The van der Waals surface area contributed by atoms with E-state index in [1.54, 1.807) is 19.2 Å². The molecule has 0 fully saturated rings. The first kappa shape index (κ1) is 18.2. The molecule has 0 N–H and O–H groups in total. The van der Waals surface area contributed by atoms with Crippen LogP contribution in [0.2, 0.25) is 0 Å². The van der Waals surface area contributed by atoms with E-state index in [4.69, 9.17) is 14.6 Å². The molecule has 29 heavy (non-hydrogen) atoms. The molecule has 2 aliphatic heterocycles. The van der Waals surface area contributed by atoms with Crippen LogP contribution in [-0.2, 0) is 0 Å². The van der Waals surface area contributed by atoms with Crippen LogP contribution in [0.1, 0.15) is 35.4 Å². The Morgan fingerprint density at radius 1 is 1.10 bits per heavy atom. The third-order valence-corrected chi connectivity index (χ3v) is 5.80. The quantitative estimate of drug-likeness (QED) is 0.500. The predicted octanol–water partition coefficient (Wildman–Crippen LogP) is 5.84. The highest BCUT2D eigenvalue weighted by atomic mass is 79.9. The molecule has 0 radical (unpaired) electrons. The molecule has 0 bridgehead atoms. The first-order chi connectivity index (χ1) is 14.1. The molecule has 5 rings (SSSR count). The summed E-state index contributed by atoms with van der Waals surface area (Å²) in [6, 6.07) is 20.4. The van der Waals surface area contributed by atoms with Gasteiger partial charge in [0.1, 0.15) is 17.3 Å². The largest absolute Gasteiger partial charge is 0.497 e. The SMILES string of the molecule is COc1cccc(C2=NN3[C@@H](c4ccc(F)cc4)Oc4ccc(Br)cc4[C@@H]3C2)c1. The zero-order valence-corrected chi connectivity index (χ0v) is 17.3. The van der Waals surface area contributed by atoms with Crippen molar-refractivity contribution >= 4 is 21.6 Å². The Kier molecular flexibility index (Phi) is 4.51. The van der Waals surface area contributed by atoms with Gasteiger partial charge in [0.2, 0.25) is 6.23 Å². The lowest BCUT2D eigenvalue weighted by Gasteiger charge is -2.38. The third-order valence-electron chi connectivity index (χ3n) is 5.31. The van der Waals surface area contributed by atoms with Gasteiger partial charge in [0.05, 0.1) is 18.9 Å². The molecule has 3 aromatic rings. The molecule has 2 aliphatic rings. The summed E-state index contributed by atoms with van der Waals surface area (Å²) in [6.07, 6.45) is 0.329. The van der Waals surface area contributed by atoms with Crippen molar-refractivity contribution in [3.8, 4) is 11.5 Å². The lowest BCUT2D eigenvalue weighted by molar-refractivity contribution is -0.0191. The van der Waals surface area contributed by atoms with Crippen molar-refractivity contribution in [3.63, 3.8) is 0 Å². The van der Waals surface area contributed by atoms with Gasteiger partial charge in [-0.15, -0.1) is 0 Å². The average molecular weight is 453 g/mol. The maximum absolute atomic E-state index is 13.5. The molecule has 0 amide bonds. The van der Waals surface area contributed by atoms with Crippen LogP contribution in [0.3, 0.4) is 0 Å². The van der Waals surface area contributed by atoms with Crippen LogP contribution < -0.4 is 9.47 Å². The summed E-state index contributed by atoms with van der Waals surface area (Å²) in [5.41, 5.74) is 3.94. The normalized spacial score (nSPS) is 19.8. The van der Waals surface area contributed by atoms with E-state index in [1.165, 1.54) is 12.1 Å². The first-order valence-electron chi connectivity index (χ1n) is 9.34. The number of nitrogens with zero attached hydrogens (tertiary/aromatic N) is 2. The van der Waals surface area contributed by atoms with Gasteiger partial charge in [0, 0.05) is 27.6 Å². The van der Waals surface area contributed by atoms with Gasteiger partial charge in [0.15, 0.2) is 0 Å². The van der Waals surface area contributed by atoms with Gasteiger partial charge in [-0.25, -0.2) is 9.40 Å². The molecule has 2 atom stereocenters. The third kappa shape index (κ3) is 3.27. The minimum Gasteiger partial charge on any atom is -0.497 e. The zero-order chi connectivity index (χ0) is 20.0. The number of benzene rings is 3. The highest BCUT2D eigenvalue weighted by molar-refractivity contribution is 9.10. The summed E-state index contributed by atoms with van der Waals surface area (Å²) in [6.45, 7) is 0. The molecule has 146 valence electrons. The molecular formula is C23H18BrFN2O2. The first-order valence-corrected chi connectivity index (χ1v) is 10.1. The Morgan fingerprint density at radius 3 is 2.72 bits per heavy atom. The highest BCUT2D eigenvalue weighted by Crippen LogP contribution is 2.48. The fourth-order valence-corrected chi connectivity index (χ4v) is 4.26. The standard InChI is InChI=1S/C23H18BrFN2O2/c1-28-18-4-2-3-15(11-18)20-13-21-19-12-16(24)7-10-22(19)29-23(27(21)26-20)14-5-8-17(25)9-6-14/h2-12,21,23H,13H2,1H3/t21-,23+/m0/s1. The molecule has 3 aromatic carbocycles. The fourth-order valence-electron chi connectivity index (χ4n) is 3.88. The molecule has 0 aliphatic carbocycles. The van der Waals surface area contributed by atoms with Crippen molar-refractivity contribution in [2.75, 3.05) is 7.11 Å². The van der Waals surface area contributed by atoms with E-state index in [9.17, 15) is 4.39 Å². The second-order valence-corrected chi connectivity index (χ2v) is 8.00. The summed E-state index contributed by atoms with van der Waals surface area (Å²) in [4.78, 5) is 0. The fraction of sp³-hybridized carbons (Fsp3) is 0.174. The van der Waals surface area contributed by atoms with Gasteiger partial charge in [-0.2, -0.15) is 5.10 Å². The molecule has 2 heterocycles. The number of methoxy groups -OCH3 is 1. The topological polar surface area (TPSA) is 34.1 Å². The van der Waals surface area contributed by atoms with Gasteiger partial charge in [-0.05, 0) is 42.5 Å². The monoisotopic (exact) mass is 452 g/mol. The Hall–Kier alpha value is -2.86. The molecule has 0 spiro atoms. The molecule has 4 nitrogen and oxygen atoms in total. The van der Waals surface area contributed by atoms with Crippen molar-refractivity contribution < 1.29 is 13.9 Å². The van der Waals surface area contributed by atoms with Crippen molar-refractivity contribution in [2.45, 2.75) is 18.7 Å². The van der Waals surface area contributed by atoms with Crippen LogP contribution >= 0.6 is 15.9 Å². The van der Waals surface area contributed by atoms with Crippen LogP contribution in [0.4, 0.5) is 4.39 Å². The summed E-state index contributed by atoms with van der Waals surface area (Å²) >= 11 is 3.56. The molecule has 0 unspecified atom stereocenters. The van der Waals surface area contributed by atoms with Crippen molar-refractivity contribution in [1.82, 2.24) is 5.01 Å². The van der Waals surface area contributed by atoms with Crippen molar-refractivity contribution in [2.24, 2.45) is 5.10 Å². The van der Waals surface area contributed by atoms with Crippen molar-refractivity contribution in [1.29, 1.82) is 0 Å². The number of ether oxygens (including phenoxy) is 2. The summed E-state index contributed by atoms with van der Waals surface area (Å²) in [5, 5.41) is 6.91. The predicted molar refractivity (Wildman–Crippen MR) is 113 cm³/mol. The molecule has 0 saturated heterocycles. The van der Waals surface area contributed by atoms with E-state index >= 15 is 0 Å². The van der Waals surface area contributed by atoms with E-state index in [-0.39, 0.29) is 11.9 Å². The lowest BCUT2D eigenvalue weighted by Crippen LogP contribution is -2.33. The number of fused-ring (bicyclic) bond motifs is 3. The van der Waals surface area contributed by atoms with Gasteiger partial charge >= 0.3 is 0 Å². The van der Waals surface area contributed by atoms with Gasteiger partial charge in [0.25, 0.3) is 0 Å². The number of rotatable bonds is 3. The Bertz CT molecular complexity index is 1100. The average Bonchev–Trinajstić information content (AvgIpc) is 3.20. The number of halogens is 2. The van der Waals surface area contributed by atoms with E-state index in [2.05, 4.69) is 22.0 Å². The second-order valence-electron chi connectivity index (χ2n) is 7.08. The molecule has 0 saturated carbocycles. The van der Waals surface area contributed by atoms with E-state index < -0.39 is 6.23 Å². The van der Waals surface area contributed by atoms with Crippen molar-refractivity contribution in [3.05, 3.63) is 93.7 Å². The highest BCUT2D eigenvalue weighted by Gasteiger charge is 2.41. The van der Waals surface area contributed by atoms with Crippen LogP contribution in [-0.4, -0.2) is 17.8 Å². The van der Waals surface area contributed by atoms with Crippen LogP contribution in [0.15, 0.2) is 76.3 Å². The maximum Gasteiger partial charge on any atom is 0.213 e. The van der Waals surface area contributed by atoms with E-state index in [0.29, 0.717) is 0 Å². The van der Waals surface area contributed by atoms with Gasteiger partial charge < -0.3 is 9.47 Å². The number of hydrogen-bond acceptors (Lipinski definition) is 4. The number of hydrazone groups is 1. The van der Waals surface area contributed by atoms with E-state index in [1.807, 2.05) is 41.4 Å². The molecular weight excluding hydrogens is 435 g/mol. The minimum atomic E-state index is -0.419. The molecule has 6 heteroatoms. The van der Waals surface area contributed by atoms with Crippen LogP contribution in [0.25, 0.3) is 0 Å². The minimum absolute atomic E-state index is 0.0347. The lowest BCUT2D eigenvalue weighted by atomic mass is 9.96. The van der Waals surface area contributed by atoms with Gasteiger partial charge in [-0.1, -0.05) is 40.2 Å². The zero-order valence-electron chi connectivity index (χ0n) is 15.7.